The maximum absolute atomic E-state index is 13.9. The normalized spacial score (nSPS) is 15.7. The van der Waals surface area contributed by atoms with Crippen LogP contribution in [0.3, 0.4) is 0 Å². The molecule has 3 aromatic carbocycles. The number of aryl methyl sites for hydroxylation is 3. The van der Waals surface area contributed by atoms with Gasteiger partial charge in [-0.2, -0.15) is 0 Å². The van der Waals surface area contributed by atoms with Gasteiger partial charge < -0.3 is 9.64 Å². The molecule has 0 bridgehead atoms. The minimum Gasteiger partial charge on any atom is -0.496 e. The maximum Gasteiger partial charge on any atom is 0.278 e. The molecule has 5 rings (SSSR count). The van der Waals surface area contributed by atoms with Crippen LogP contribution in [0.4, 0.5) is 5.69 Å². The second kappa shape index (κ2) is 8.82. The third-order valence-electron chi connectivity index (χ3n) is 6.84. The molecule has 0 saturated carbocycles. The molecular weight excluding hydrogens is 424 g/mol. The topological polar surface area (TPSA) is 49.9 Å². The van der Waals surface area contributed by atoms with Gasteiger partial charge in [-0.1, -0.05) is 54.6 Å². The molecule has 5 nitrogen and oxygen atoms in total. The highest BCUT2D eigenvalue weighted by Crippen LogP contribution is 2.39. The van der Waals surface area contributed by atoms with Crippen molar-refractivity contribution in [2.24, 2.45) is 0 Å². The Balaban J connectivity index is 1.64. The molecule has 2 aliphatic rings. The van der Waals surface area contributed by atoms with Crippen molar-refractivity contribution in [3.63, 3.8) is 0 Å². The van der Waals surface area contributed by atoms with Crippen molar-refractivity contribution in [2.45, 2.75) is 33.2 Å². The van der Waals surface area contributed by atoms with Crippen molar-refractivity contribution in [3.8, 4) is 5.75 Å². The smallest absolute Gasteiger partial charge is 0.278 e. The molecule has 0 atom stereocenters. The van der Waals surface area contributed by atoms with Crippen LogP contribution in [0.2, 0.25) is 0 Å². The van der Waals surface area contributed by atoms with Crippen LogP contribution in [0, 0.1) is 13.8 Å². The number of ether oxygens (including phenoxy) is 1. The molecule has 0 fully saturated rings. The van der Waals surface area contributed by atoms with Gasteiger partial charge in [0.1, 0.15) is 11.4 Å². The Morgan fingerprint density at radius 2 is 1.65 bits per heavy atom. The highest BCUT2D eigenvalue weighted by molar-refractivity contribution is 6.36. The lowest BCUT2D eigenvalue weighted by molar-refractivity contribution is -0.137. The summed E-state index contributed by atoms with van der Waals surface area (Å²) in [6.45, 7) is 4.94. The minimum atomic E-state index is -0.266. The fraction of sp³-hybridized carbons (Fsp3) is 0.241. The van der Waals surface area contributed by atoms with Crippen LogP contribution < -0.4 is 9.64 Å². The molecule has 5 heteroatoms. The zero-order valence-corrected chi connectivity index (χ0v) is 19.8. The van der Waals surface area contributed by atoms with Crippen molar-refractivity contribution in [1.82, 2.24) is 4.90 Å². The van der Waals surface area contributed by atoms with E-state index >= 15 is 0 Å². The van der Waals surface area contributed by atoms with Crippen molar-refractivity contribution in [3.05, 3.63) is 100 Å². The Bertz CT molecular complexity index is 1320. The molecule has 0 unspecified atom stereocenters. The van der Waals surface area contributed by atoms with Crippen LogP contribution in [0.25, 0.3) is 5.57 Å². The molecule has 0 aromatic heterocycles. The molecule has 0 aliphatic carbocycles. The van der Waals surface area contributed by atoms with E-state index in [0.717, 1.165) is 40.8 Å². The predicted molar refractivity (Wildman–Crippen MR) is 133 cm³/mol. The van der Waals surface area contributed by atoms with Gasteiger partial charge in [-0.15, -0.1) is 0 Å². The summed E-state index contributed by atoms with van der Waals surface area (Å²) in [6.07, 6.45) is 1.89. The van der Waals surface area contributed by atoms with Crippen LogP contribution >= 0.6 is 0 Å². The molecule has 0 spiro atoms. The second-order valence-corrected chi connectivity index (χ2v) is 8.91. The molecule has 3 aromatic rings. The second-order valence-electron chi connectivity index (χ2n) is 8.91. The molecule has 0 radical (unpaired) electrons. The Morgan fingerprint density at radius 3 is 2.44 bits per heavy atom. The van der Waals surface area contributed by atoms with Crippen LogP contribution in [0.15, 0.2) is 72.4 Å². The summed E-state index contributed by atoms with van der Waals surface area (Å²) in [5, 5.41) is 0. The number of rotatable bonds is 5. The van der Waals surface area contributed by atoms with E-state index in [2.05, 4.69) is 6.07 Å². The van der Waals surface area contributed by atoms with Crippen LogP contribution in [-0.2, 0) is 22.6 Å². The molecule has 2 aliphatic heterocycles. The first-order valence-corrected chi connectivity index (χ1v) is 11.6. The van der Waals surface area contributed by atoms with Gasteiger partial charge in [-0.25, -0.2) is 0 Å². The third-order valence-corrected chi connectivity index (χ3v) is 6.84. The van der Waals surface area contributed by atoms with E-state index in [1.165, 1.54) is 10.5 Å². The summed E-state index contributed by atoms with van der Waals surface area (Å²) in [6, 6.07) is 21.6. The average Bonchev–Trinajstić information content (AvgIpc) is 3.10. The first-order chi connectivity index (χ1) is 16.5. The molecular formula is C29H28N2O3. The molecule has 34 heavy (non-hydrogen) atoms. The molecule has 2 heterocycles. The van der Waals surface area contributed by atoms with E-state index < -0.39 is 0 Å². The van der Waals surface area contributed by atoms with Crippen molar-refractivity contribution in [1.29, 1.82) is 0 Å². The van der Waals surface area contributed by atoms with Gasteiger partial charge in [0.05, 0.1) is 19.2 Å². The third kappa shape index (κ3) is 3.67. The van der Waals surface area contributed by atoms with E-state index in [9.17, 15) is 9.59 Å². The Kier molecular flexibility index (Phi) is 5.70. The van der Waals surface area contributed by atoms with Crippen LogP contribution in [-0.4, -0.2) is 30.4 Å². The standard InChI is InChI=1S/C29H28N2O3/c1-19-14-15-22(17-20(19)2)26-27(30-16-8-11-21-9-4-6-12-24(21)30)29(33)31(28(26)32)18-23-10-5-7-13-25(23)34-3/h4-7,9-10,12-15,17H,8,11,16,18H2,1-3H3. The van der Waals surface area contributed by atoms with Crippen molar-refractivity contribution >= 4 is 23.1 Å². The number of carbonyl (C=O) groups is 2. The van der Waals surface area contributed by atoms with E-state index in [0.29, 0.717) is 23.6 Å². The summed E-state index contributed by atoms with van der Waals surface area (Å²) < 4.78 is 5.48. The van der Waals surface area contributed by atoms with Gasteiger partial charge in [0, 0.05) is 17.8 Å². The number of carbonyl (C=O) groups excluding carboxylic acids is 2. The molecule has 172 valence electrons. The number of methoxy groups -OCH3 is 1. The number of hydrogen-bond donors (Lipinski definition) is 0. The van der Waals surface area contributed by atoms with E-state index in [-0.39, 0.29) is 18.4 Å². The fourth-order valence-electron chi connectivity index (χ4n) is 4.88. The summed E-state index contributed by atoms with van der Waals surface area (Å²) in [5.74, 6) is 0.130. The predicted octanol–water partition coefficient (Wildman–Crippen LogP) is 5.04. The van der Waals surface area contributed by atoms with Crippen LogP contribution in [0.5, 0.6) is 5.75 Å². The number of benzene rings is 3. The molecule has 2 amide bonds. The Labute approximate surface area is 200 Å². The molecule has 0 saturated heterocycles. The first-order valence-electron chi connectivity index (χ1n) is 11.6. The van der Waals surface area contributed by atoms with Crippen LogP contribution in [0.1, 0.15) is 34.2 Å². The first kappa shape index (κ1) is 22.0. The quantitative estimate of drug-likeness (QED) is 0.509. The highest BCUT2D eigenvalue weighted by atomic mass is 16.5. The minimum absolute atomic E-state index is 0.162. The lowest BCUT2D eigenvalue weighted by atomic mass is 9.97. The number of imide groups is 1. The van der Waals surface area contributed by atoms with E-state index in [1.807, 2.05) is 79.4 Å². The number of para-hydroxylation sites is 2. The summed E-state index contributed by atoms with van der Waals surface area (Å²) in [7, 11) is 1.60. The summed E-state index contributed by atoms with van der Waals surface area (Å²) >= 11 is 0. The number of amides is 2. The Morgan fingerprint density at radius 1 is 0.882 bits per heavy atom. The highest BCUT2D eigenvalue weighted by Gasteiger charge is 2.43. The number of anilines is 1. The SMILES string of the molecule is COc1ccccc1CN1C(=O)C(c2ccc(C)c(C)c2)=C(N2CCCc3ccccc32)C1=O. The maximum atomic E-state index is 13.9. The largest absolute Gasteiger partial charge is 0.496 e. The summed E-state index contributed by atoms with van der Waals surface area (Å²) in [5.41, 5.74) is 6.96. The van der Waals surface area contributed by atoms with E-state index in [4.69, 9.17) is 4.74 Å². The zero-order chi connectivity index (χ0) is 23.8. The van der Waals surface area contributed by atoms with Gasteiger partial charge in [0.15, 0.2) is 0 Å². The van der Waals surface area contributed by atoms with Crippen molar-refractivity contribution < 1.29 is 14.3 Å². The molecule has 0 N–H and O–H groups in total. The number of hydrogen-bond acceptors (Lipinski definition) is 4. The van der Waals surface area contributed by atoms with Crippen molar-refractivity contribution in [2.75, 3.05) is 18.6 Å². The van der Waals surface area contributed by atoms with Gasteiger partial charge in [0.2, 0.25) is 0 Å². The van der Waals surface area contributed by atoms with Gasteiger partial charge in [-0.05, 0) is 61.1 Å². The lowest BCUT2D eigenvalue weighted by Gasteiger charge is -2.32. The average molecular weight is 453 g/mol. The van der Waals surface area contributed by atoms with Gasteiger partial charge >= 0.3 is 0 Å². The Hall–Kier alpha value is -3.86. The fourth-order valence-corrected chi connectivity index (χ4v) is 4.88. The monoisotopic (exact) mass is 452 g/mol. The zero-order valence-electron chi connectivity index (χ0n) is 19.8. The van der Waals surface area contributed by atoms with Gasteiger partial charge in [-0.3, -0.25) is 14.5 Å². The van der Waals surface area contributed by atoms with E-state index in [1.54, 1.807) is 7.11 Å². The number of fused-ring (bicyclic) bond motifs is 1. The summed E-state index contributed by atoms with van der Waals surface area (Å²) in [4.78, 5) is 31.2. The van der Waals surface area contributed by atoms with Gasteiger partial charge in [0.25, 0.3) is 11.8 Å². The number of nitrogens with zero attached hydrogens (tertiary/aromatic N) is 2. The lowest BCUT2D eigenvalue weighted by Crippen LogP contribution is -2.36.